The lowest BCUT2D eigenvalue weighted by atomic mass is 9.99. The highest BCUT2D eigenvalue weighted by Gasteiger charge is 2.69. The summed E-state index contributed by atoms with van der Waals surface area (Å²) >= 11 is 11.8. The van der Waals surface area contributed by atoms with Gasteiger partial charge < -0.3 is 10.1 Å². The summed E-state index contributed by atoms with van der Waals surface area (Å²) in [6.07, 6.45) is 1.39. The molecule has 6 heteroatoms. The van der Waals surface area contributed by atoms with E-state index in [0.29, 0.717) is 18.0 Å². The minimum atomic E-state index is -1.09. The number of esters is 1. The van der Waals surface area contributed by atoms with Gasteiger partial charge in [-0.25, -0.2) is 0 Å². The number of hydrogen-bond donors (Lipinski definition) is 1. The number of anilines is 1. The summed E-state index contributed by atoms with van der Waals surface area (Å²) in [4.78, 5) is 23.7. The van der Waals surface area contributed by atoms with Gasteiger partial charge in [-0.3, -0.25) is 9.59 Å². The van der Waals surface area contributed by atoms with E-state index in [1.165, 1.54) is 5.56 Å². The number of alkyl halides is 2. The van der Waals surface area contributed by atoms with Crippen molar-refractivity contribution in [2.45, 2.75) is 43.9 Å². The summed E-state index contributed by atoms with van der Waals surface area (Å²) in [5.74, 6) is -0.468. The first-order valence-electron chi connectivity index (χ1n) is 7.64. The first-order valence-corrected chi connectivity index (χ1v) is 8.40. The minimum absolute atomic E-state index is 0.334. The van der Waals surface area contributed by atoms with Crippen molar-refractivity contribution in [2.75, 3.05) is 11.9 Å². The van der Waals surface area contributed by atoms with Crippen LogP contribution in [-0.4, -0.2) is 22.8 Å². The Morgan fingerprint density at radius 1 is 1.30 bits per heavy atom. The number of hydrogen-bond acceptors (Lipinski definition) is 3. The van der Waals surface area contributed by atoms with Gasteiger partial charge in [-0.2, -0.15) is 0 Å². The smallest absolute Gasteiger partial charge is 0.315 e. The van der Waals surface area contributed by atoms with Crippen molar-refractivity contribution in [3.63, 3.8) is 0 Å². The van der Waals surface area contributed by atoms with E-state index in [9.17, 15) is 9.59 Å². The fourth-order valence-electron chi connectivity index (χ4n) is 2.24. The van der Waals surface area contributed by atoms with Crippen LogP contribution in [0, 0.1) is 5.41 Å². The van der Waals surface area contributed by atoms with Gasteiger partial charge in [0.25, 0.3) is 5.91 Å². The van der Waals surface area contributed by atoms with Gasteiger partial charge >= 0.3 is 5.97 Å². The lowest BCUT2D eigenvalue weighted by molar-refractivity contribution is -0.152. The molecule has 0 saturated heterocycles. The van der Waals surface area contributed by atoms with E-state index < -0.39 is 21.6 Å². The Hall–Kier alpha value is -1.26. The van der Waals surface area contributed by atoms with E-state index in [1.54, 1.807) is 6.92 Å². The fraction of sp³-hybridized carbons (Fsp3) is 0.529. The Labute approximate surface area is 146 Å². The number of carbonyl (C=O) groups is 2. The molecular formula is C17H21Cl2NO3. The number of benzene rings is 1. The van der Waals surface area contributed by atoms with Gasteiger partial charge in [-0.1, -0.05) is 26.0 Å². The van der Waals surface area contributed by atoms with Crippen LogP contribution in [0.25, 0.3) is 0 Å². The third-order valence-corrected chi connectivity index (χ3v) is 5.52. The second kappa shape index (κ2) is 6.70. The van der Waals surface area contributed by atoms with Crippen LogP contribution in [-0.2, 0) is 14.3 Å². The first-order chi connectivity index (χ1) is 10.7. The quantitative estimate of drug-likeness (QED) is 0.610. The maximum absolute atomic E-state index is 11.9. The van der Waals surface area contributed by atoms with Crippen molar-refractivity contribution in [3.8, 4) is 0 Å². The second-order valence-electron chi connectivity index (χ2n) is 6.27. The van der Waals surface area contributed by atoms with Gasteiger partial charge in [0.2, 0.25) is 0 Å². The molecule has 1 amide bonds. The zero-order valence-electron chi connectivity index (χ0n) is 13.5. The van der Waals surface area contributed by atoms with Gasteiger partial charge in [0.15, 0.2) is 6.61 Å². The third kappa shape index (κ3) is 3.99. The van der Waals surface area contributed by atoms with E-state index in [4.69, 9.17) is 27.9 Å². The SMILES string of the molecule is CC[C@@H](C)c1ccc(NC(=O)COC(=O)[C@]2(C)CC2(Cl)Cl)cc1. The summed E-state index contributed by atoms with van der Waals surface area (Å²) in [5, 5.41) is 2.69. The molecule has 0 aliphatic heterocycles. The molecule has 23 heavy (non-hydrogen) atoms. The normalized spacial score (nSPS) is 23.0. The summed E-state index contributed by atoms with van der Waals surface area (Å²) in [5.41, 5.74) is 0.966. The molecule has 4 nitrogen and oxygen atoms in total. The highest BCUT2D eigenvalue weighted by atomic mass is 35.5. The van der Waals surface area contributed by atoms with Crippen molar-refractivity contribution in [3.05, 3.63) is 29.8 Å². The van der Waals surface area contributed by atoms with Crippen LogP contribution >= 0.6 is 23.2 Å². The number of rotatable bonds is 6. The molecule has 1 aromatic carbocycles. The predicted molar refractivity (Wildman–Crippen MR) is 91.9 cm³/mol. The lowest BCUT2D eigenvalue weighted by Crippen LogP contribution is -2.26. The second-order valence-corrected chi connectivity index (χ2v) is 7.75. The monoisotopic (exact) mass is 357 g/mol. The molecular weight excluding hydrogens is 337 g/mol. The largest absolute Gasteiger partial charge is 0.455 e. The van der Waals surface area contributed by atoms with Crippen LogP contribution in [0.3, 0.4) is 0 Å². The Kier molecular flexibility index (Phi) is 5.27. The van der Waals surface area contributed by atoms with Crippen molar-refractivity contribution in [1.82, 2.24) is 0 Å². The predicted octanol–water partition coefficient (Wildman–Crippen LogP) is 4.27. The molecule has 1 N–H and O–H groups in total. The molecule has 1 aliphatic carbocycles. The minimum Gasteiger partial charge on any atom is -0.455 e. The zero-order chi connectivity index (χ0) is 17.3. The molecule has 126 valence electrons. The molecule has 2 rings (SSSR count). The molecule has 1 aliphatic rings. The Morgan fingerprint density at radius 2 is 1.87 bits per heavy atom. The molecule has 0 unspecified atom stereocenters. The Morgan fingerprint density at radius 3 is 2.35 bits per heavy atom. The number of halogens is 2. The van der Waals surface area contributed by atoms with Crippen molar-refractivity contribution >= 4 is 40.8 Å². The fourth-order valence-corrected chi connectivity index (χ4v) is 2.93. The maximum Gasteiger partial charge on any atom is 0.315 e. The van der Waals surface area contributed by atoms with Crippen LogP contribution in [0.15, 0.2) is 24.3 Å². The van der Waals surface area contributed by atoms with Crippen LogP contribution in [0.5, 0.6) is 0 Å². The van der Waals surface area contributed by atoms with E-state index in [2.05, 4.69) is 19.2 Å². The molecule has 0 bridgehead atoms. The topological polar surface area (TPSA) is 55.4 Å². The van der Waals surface area contributed by atoms with E-state index in [-0.39, 0.29) is 6.61 Å². The Balaban J connectivity index is 1.82. The highest BCUT2D eigenvalue weighted by Crippen LogP contribution is 2.64. The van der Waals surface area contributed by atoms with E-state index in [1.807, 2.05) is 24.3 Å². The van der Waals surface area contributed by atoms with Crippen molar-refractivity contribution < 1.29 is 14.3 Å². The van der Waals surface area contributed by atoms with Crippen molar-refractivity contribution in [1.29, 1.82) is 0 Å². The van der Waals surface area contributed by atoms with Crippen LogP contribution in [0.1, 0.15) is 45.1 Å². The molecule has 0 spiro atoms. The van der Waals surface area contributed by atoms with Crippen LogP contribution in [0.4, 0.5) is 5.69 Å². The molecule has 2 atom stereocenters. The highest BCUT2D eigenvalue weighted by molar-refractivity contribution is 6.53. The lowest BCUT2D eigenvalue weighted by Gasteiger charge is -2.12. The van der Waals surface area contributed by atoms with E-state index >= 15 is 0 Å². The number of ether oxygens (including phenoxy) is 1. The van der Waals surface area contributed by atoms with Crippen LogP contribution < -0.4 is 5.32 Å². The number of amides is 1. The molecule has 0 radical (unpaired) electrons. The van der Waals surface area contributed by atoms with Crippen LogP contribution in [0.2, 0.25) is 0 Å². The van der Waals surface area contributed by atoms with Gasteiger partial charge in [0.1, 0.15) is 9.75 Å². The number of carbonyl (C=O) groups excluding carboxylic acids is 2. The van der Waals surface area contributed by atoms with Gasteiger partial charge in [-0.15, -0.1) is 23.2 Å². The zero-order valence-corrected chi connectivity index (χ0v) is 15.0. The van der Waals surface area contributed by atoms with Gasteiger partial charge in [0.05, 0.1) is 0 Å². The standard InChI is InChI=1S/C17H21Cl2NO3/c1-4-11(2)12-5-7-13(8-6-12)20-14(21)9-23-15(22)16(3)10-17(16,18)19/h5-8,11H,4,9-10H2,1-3H3,(H,20,21)/t11-,16+/m1/s1. The van der Waals surface area contributed by atoms with Crippen molar-refractivity contribution in [2.24, 2.45) is 5.41 Å². The summed E-state index contributed by atoms with van der Waals surface area (Å²) in [6.45, 7) is 5.55. The molecule has 0 heterocycles. The molecule has 1 aromatic rings. The third-order valence-electron chi connectivity index (χ3n) is 4.42. The average Bonchev–Trinajstić information content (AvgIpc) is 3.04. The summed E-state index contributed by atoms with van der Waals surface area (Å²) in [6, 6.07) is 7.64. The van der Waals surface area contributed by atoms with E-state index in [0.717, 1.165) is 6.42 Å². The van der Waals surface area contributed by atoms with Gasteiger partial charge in [-0.05, 0) is 37.0 Å². The van der Waals surface area contributed by atoms with Gasteiger partial charge in [0, 0.05) is 12.1 Å². The number of nitrogens with one attached hydrogen (secondary N) is 1. The Bertz CT molecular complexity index is 600. The summed E-state index contributed by atoms with van der Waals surface area (Å²) < 4.78 is 3.91. The molecule has 0 aromatic heterocycles. The summed E-state index contributed by atoms with van der Waals surface area (Å²) in [7, 11) is 0. The molecule has 1 fully saturated rings. The average molecular weight is 358 g/mol. The first kappa shape index (κ1) is 18.1. The molecule has 1 saturated carbocycles. The maximum atomic E-state index is 11.9.